The Morgan fingerprint density at radius 3 is 2.24 bits per heavy atom. The third-order valence-corrected chi connectivity index (χ3v) is 4.68. The number of carbonyl (C=O) groups excluding carboxylic acids is 2. The molecule has 5 heteroatoms. The molecule has 0 bridgehead atoms. The largest absolute Gasteiger partial charge is 0.497 e. The number of methoxy groups -OCH3 is 1. The summed E-state index contributed by atoms with van der Waals surface area (Å²) in [6.45, 7) is 3.99. The van der Waals surface area contributed by atoms with E-state index in [1.165, 1.54) is 0 Å². The van der Waals surface area contributed by atoms with Crippen LogP contribution in [0, 0.1) is 25.7 Å². The van der Waals surface area contributed by atoms with E-state index >= 15 is 0 Å². The Morgan fingerprint density at radius 2 is 1.60 bits per heavy atom. The maximum absolute atomic E-state index is 12.4. The summed E-state index contributed by atoms with van der Waals surface area (Å²) >= 11 is 0. The molecular formula is C20H22N2O3. The lowest BCUT2D eigenvalue weighted by molar-refractivity contribution is -0.122. The molecule has 2 atom stereocenters. The molecule has 0 aliphatic heterocycles. The lowest BCUT2D eigenvalue weighted by Gasteiger charge is -2.10. The van der Waals surface area contributed by atoms with Gasteiger partial charge in [-0.2, -0.15) is 0 Å². The summed E-state index contributed by atoms with van der Waals surface area (Å²) in [5.74, 6) is -0.0181. The number of carbonyl (C=O) groups is 2. The highest BCUT2D eigenvalue weighted by Gasteiger charge is 2.48. The topological polar surface area (TPSA) is 67.4 Å². The van der Waals surface area contributed by atoms with Crippen molar-refractivity contribution in [2.75, 3.05) is 17.7 Å². The van der Waals surface area contributed by atoms with Crippen LogP contribution in [0.15, 0.2) is 42.5 Å². The highest BCUT2D eigenvalue weighted by molar-refractivity contribution is 6.03. The molecule has 5 nitrogen and oxygen atoms in total. The van der Waals surface area contributed by atoms with Gasteiger partial charge in [0.1, 0.15) is 5.75 Å². The van der Waals surface area contributed by atoms with Gasteiger partial charge in [-0.3, -0.25) is 9.59 Å². The Morgan fingerprint density at radius 1 is 0.960 bits per heavy atom. The number of hydrogen-bond acceptors (Lipinski definition) is 3. The number of hydrogen-bond donors (Lipinski definition) is 2. The fraction of sp³-hybridized carbons (Fsp3) is 0.300. The van der Waals surface area contributed by atoms with Crippen LogP contribution in [-0.4, -0.2) is 18.9 Å². The molecule has 1 saturated carbocycles. The van der Waals surface area contributed by atoms with Gasteiger partial charge in [-0.25, -0.2) is 0 Å². The second-order valence-electron chi connectivity index (χ2n) is 6.40. The van der Waals surface area contributed by atoms with E-state index in [1.807, 2.05) is 32.0 Å². The molecule has 2 unspecified atom stereocenters. The van der Waals surface area contributed by atoms with Crippen molar-refractivity contribution in [3.05, 3.63) is 53.6 Å². The fourth-order valence-corrected chi connectivity index (χ4v) is 2.80. The monoisotopic (exact) mass is 338 g/mol. The second kappa shape index (κ2) is 6.97. The SMILES string of the molecule is COc1ccc(NC(=O)C2CC2C(=O)Nc2cccc(C)c2C)cc1. The molecule has 2 aromatic rings. The molecular weight excluding hydrogens is 316 g/mol. The Bertz CT molecular complexity index is 799. The number of amides is 2. The maximum atomic E-state index is 12.4. The van der Waals surface area contributed by atoms with Gasteiger partial charge in [0.15, 0.2) is 0 Å². The molecule has 130 valence electrons. The molecule has 2 amide bonds. The smallest absolute Gasteiger partial charge is 0.228 e. The minimum Gasteiger partial charge on any atom is -0.497 e. The molecule has 0 aromatic heterocycles. The van der Waals surface area contributed by atoms with E-state index in [0.717, 1.165) is 22.6 Å². The van der Waals surface area contributed by atoms with Crippen LogP contribution in [0.1, 0.15) is 17.5 Å². The maximum Gasteiger partial charge on any atom is 0.228 e. The van der Waals surface area contributed by atoms with E-state index in [1.54, 1.807) is 31.4 Å². The van der Waals surface area contributed by atoms with Gasteiger partial charge in [0.25, 0.3) is 0 Å². The Labute approximate surface area is 147 Å². The molecule has 2 N–H and O–H groups in total. The number of aryl methyl sites for hydroxylation is 1. The van der Waals surface area contributed by atoms with Crippen LogP contribution < -0.4 is 15.4 Å². The first-order chi connectivity index (χ1) is 12.0. The summed E-state index contributed by atoms with van der Waals surface area (Å²) in [6, 6.07) is 12.9. The zero-order valence-corrected chi connectivity index (χ0v) is 14.6. The number of rotatable bonds is 5. The molecule has 1 aliphatic carbocycles. The van der Waals surface area contributed by atoms with E-state index in [9.17, 15) is 9.59 Å². The van der Waals surface area contributed by atoms with Crippen LogP contribution in [0.5, 0.6) is 5.75 Å². The fourth-order valence-electron chi connectivity index (χ4n) is 2.80. The molecule has 3 rings (SSSR count). The van der Waals surface area contributed by atoms with Crippen molar-refractivity contribution < 1.29 is 14.3 Å². The van der Waals surface area contributed by atoms with Gasteiger partial charge >= 0.3 is 0 Å². The Balaban J connectivity index is 1.56. The van der Waals surface area contributed by atoms with Crippen molar-refractivity contribution >= 4 is 23.2 Å². The summed E-state index contributed by atoms with van der Waals surface area (Å²) in [5.41, 5.74) is 3.69. The van der Waals surface area contributed by atoms with Crippen LogP contribution in [0.4, 0.5) is 11.4 Å². The van der Waals surface area contributed by atoms with E-state index in [-0.39, 0.29) is 23.7 Å². The second-order valence-corrected chi connectivity index (χ2v) is 6.40. The van der Waals surface area contributed by atoms with E-state index in [2.05, 4.69) is 10.6 Å². The zero-order valence-electron chi connectivity index (χ0n) is 14.6. The normalized spacial score (nSPS) is 18.4. The third-order valence-electron chi connectivity index (χ3n) is 4.68. The first-order valence-electron chi connectivity index (χ1n) is 8.31. The van der Waals surface area contributed by atoms with Crippen LogP contribution in [0.25, 0.3) is 0 Å². The standard InChI is InChI=1S/C20H22N2O3/c1-12-5-4-6-18(13(12)2)22-20(24)17-11-16(17)19(23)21-14-7-9-15(25-3)10-8-14/h4-10,16-17H,11H2,1-3H3,(H,21,23)(H,22,24). The first-order valence-corrected chi connectivity index (χ1v) is 8.31. The Hall–Kier alpha value is -2.82. The number of anilines is 2. The predicted molar refractivity (Wildman–Crippen MR) is 97.8 cm³/mol. The molecule has 0 radical (unpaired) electrons. The Kier molecular flexibility index (Phi) is 4.74. The quantitative estimate of drug-likeness (QED) is 0.876. The van der Waals surface area contributed by atoms with E-state index in [4.69, 9.17) is 4.74 Å². The van der Waals surface area contributed by atoms with Crippen LogP contribution >= 0.6 is 0 Å². The lowest BCUT2D eigenvalue weighted by Crippen LogP contribution is -2.21. The summed E-state index contributed by atoms with van der Waals surface area (Å²) in [7, 11) is 1.59. The van der Waals surface area contributed by atoms with Crippen molar-refractivity contribution in [3.8, 4) is 5.75 Å². The van der Waals surface area contributed by atoms with Crippen LogP contribution in [0.3, 0.4) is 0 Å². The van der Waals surface area contributed by atoms with Gasteiger partial charge in [0, 0.05) is 11.4 Å². The molecule has 1 aliphatic rings. The summed E-state index contributed by atoms with van der Waals surface area (Å²) < 4.78 is 5.09. The van der Waals surface area contributed by atoms with Crippen molar-refractivity contribution in [3.63, 3.8) is 0 Å². The number of benzene rings is 2. The van der Waals surface area contributed by atoms with Crippen molar-refractivity contribution in [2.24, 2.45) is 11.8 Å². The summed E-state index contributed by atoms with van der Waals surface area (Å²) in [4.78, 5) is 24.7. The van der Waals surface area contributed by atoms with Crippen LogP contribution in [0.2, 0.25) is 0 Å². The van der Waals surface area contributed by atoms with Gasteiger partial charge in [-0.1, -0.05) is 12.1 Å². The predicted octanol–water partition coefficient (Wildman–Crippen LogP) is 3.53. The average Bonchev–Trinajstić information content (AvgIpc) is 3.40. The third kappa shape index (κ3) is 3.82. The van der Waals surface area contributed by atoms with Gasteiger partial charge in [-0.15, -0.1) is 0 Å². The van der Waals surface area contributed by atoms with Gasteiger partial charge < -0.3 is 15.4 Å². The molecule has 0 spiro atoms. The minimum absolute atomic E-state index is 0.0939. The molecule has 25 heavy (non-hydrogen) atoms. The molecule has 1 fully saturated rings. The zero-order chi connectivity index (χ0) is 18.0. The van der Waals surface area contributed by atoms with Gasteiger partial charge in [-0.05, 0) is 61.7 Å². The summed E-state index contributed by atoms with van der Waals surface area (Å²) in [6.07, 6.45) is 0.582. The molecule has 0 heterocycles. The minimum atomic E-state index is -0.271. The lowest BCUT2D eigenvalue weighted by atomic mass is 10.1. The number of nitrogens with one attached hydrogen (secondary N) is 2. The number of ether oxygens (including phenoxy) is 1. The molecule has 0 saturated heterocycles. The van der Waals surface area contributed by atoms with Crippen LogP contribution in [-0.2, 0) is 9.59 Å². The van der Waals surface area contributed by atoms with E-state index in [0.29, 0.717) is 12.1 Å². The highest BCUT2D eigenvalue weighted by Crippen LogP contribution is 2.40. The first kappa shape index (κ1) is 17.0. The highest BCUT2D eigenvalue weighted by atomic mass is 16.5. The molecule has 2 aromatic carbocycles. The van der Waals surface area contributed by atoms with Crippen molar-refractivity contribution in [1.29, 1.82) is 0 Å². The summed E-state index contributed by atoms with van der Waals surface area (Å²) in [5, 5.41) is 5.79. The van der Waals surface area contributed by atoms with Gasteiger partial charge in [0.05, 0.1) is 18.9 Å². The average molecular weight is 338 g/mol. The van der Waals surface area contributed by atoms with Gasteiger partial charge in [0.2, 0.25) is 11.8 Å². The van der Waals surface area contributed by atoms with Crippen molar-refractivity contribution in [2.45, 2.75) is 20.3 Å². The van der Waals surface area contributed by atoms with Crippen molar-refractivity contribution in [1.82, 2.24) is 0 Å². The van der Waals surface area contributed by atoms with E-state index < -0.39 is 0 Å².